The first-order chi connectivity index (χ1) is 8.83. The summed E-state index contributed by atoms with van der Waals surface area (Å²) >= 11 is 1.48. The number of rotatable bonds is 3. The van der Waals surface area contributed by atoms with Gasteiger partial charge in [-0.3, -0.25) is 0 Å². The number of nitrogens with two attached hydrogens (primary N) is 1. The van der Waals surface area contributed by atoms with Crippen molar-refractivity contribution in [2.24, 2.45) is 0 Å². The number of aromatic nitrogens is 3. The Morgan fingerprint density at radius 1 is 1.17 bits per heavy atom. The monoisotopic (exact) mass is 258 g/mol. The summed E-state index contributed by atoms with van der Waals surface area (Å²) in [5.74, 6) is 1.21. The molecule has 0 bridgehead atoms. The molecule has 2 aromatic heterocycles. The number of benzene rings is 1. The fourth-order valence-electron chi connectivity index (χ4n) is 1.56. The fourth-order valence-corrected chi connectivity index (χ4v) is 2.21. The Morgan fingerprint density at radius 3 is 2.78 bits per heavy atom. The number of hydrogen-bond donors (Lipinski definition) is 1. The van der Waals surface area contributed by atoms with E-state index < -0.39 is 0 Å². The van der Waals surface area contributed by atoms with Crippen molar-refractivity contribution in [2.45, 2.75) is 10.9 Å². The van der Waals surface area contributed by atoms with Crippen LogP contribution in [0.1, 0.15) is 5.89 Å². The molecule has 2 N–H and O–H groups in total. The van der Waals surface area contributed by atoms with Gasteiger partial charge in [-0.1, -0.05) is 17.8 Å². The number of hydrogen-bond acceptors (Lipinski definition) is 6. The second kappa shape index (κ2) is 4.66. The van der Waals surface area contributed by atoms with Crippen LogP contribution in [0.5, 0.6) is 0 Å². The van der Waals surface area contributed by atoms with Crippen LogP contribution in [0.15, 0.2) is 46.2 Å². The summed E-state index contributed by atoms with van der Waals surface area (Å²) in [5.41, 5.74) is 7.87. The van der Waals surface area contributed by atoms with Crippen molar-refractivity contribution in [3.05, 3.63) is 42.5 Å². The minimum absolute atomic E-state index is 0.581. The van der Waals surface area contributed by atoms with Crippen molar-refractivity contribution in [1.29, 1.82) is 0 Å². The van der Waals surface area contributed by atoms with Gasteiger partial charge < -0.3 is 10.2 Å². The summed E-state index contributed by atoms with van der Waals surface area (Å²) in [5, 5.41) is 0.702. The topological polar surface area (TPSA) is 77.8 Å². The van der Waals surface area contributed by atoms with E-state index in [0.29, 0.717) is 33.6 Å². The average molecular weight is 258 g/mol. The zero-order chi connectivity index (χ0) is 12.4. The van der Waals surface area contributed by atoms with Crippen molar-refractivity contribution >= 4 is 28.5 Å². The number of anilines is 1. The van der Waals surface area contributed by atoms with E-state index in [-0.39, 0.29) is 0 Å². The molecule has 0 amide bonds. The van der Waals surface area contributed by atoms with E-state index in [9.17, 15) is 0 Å². The molecular formula is C12H10N4OS. The van der Waals surface area contributed by atoms with Gasteiger partial charge in [-0.05, 0) is 18.2 Å². The maximum Gasteiger partial charge on any atom is 0.206 e. The summed E-state index contributed by atoms with van der Waals surface area (Å²) in [6.45, 7) is 0. The van der Waals surface area contributed by atoms with Crippen molar-refractivity contribution in [2.75, 3.05) is 5.73 Å². The SMILES string of the molecule is Nc1cccc2oc(CSc3ncccn3)nc12. The molecule has 3 aromatic rings. The van der Waals surface area contributed by atoms with E-state index in [1.165, 1.54) is 11.8 Å². The zero-order valence-electron chi connectivity index (χ0n) is 9.41. The maximum atomic E-state index is 5.82. The Kier molecular flexibility index (Phi) is 2.85. The van der Waals surface area contributed by atoms with E-state index in [1.54, 1.807) is 18.5 Å². The molecule has 0 aliphatic rings. The van der Waals surface area contributed by atoms with Crippen LogP contribution in [0.2, 0.25) is 0 Å². The number of oxazole rings is 1. The molecule has 3 rings (SSSR count). The largest absolute Gasteiger partial charge is 0.440 e. The van der Waals surface area contributed by atoms with Crippen LogP contribution in [0, 0.1) is 0 Å². The lowest BCUT2D eigenvalue weighted by molar-refractivity contribution is 0.556. The highest BCUT2D eigenvalue weighted by atomic mass is 32.2. The van der Waals surface area contributed by atoms with Crippen LogP contribution >= 0.6 is 11.8 Å². The Hall–Kier alpha value is -2.08. The maximum absolute atomic E-state index is 5.82. The molecular weight excluding hydrogens is 248 g/mol. The smallest absolute Gasteiger partial charge is 0.206 e. The van der Waals surface area contributed by atoms with Gasteiger partial charge in [0.2, 0.25) is 5.89 Å². The van der Waals surface area contributed by atoms with E-state index in [2.05, 4.69) is 15.0 Å². The number of nitrogen functional groups attached to an aromatic ring is 1. The van der Waals surface area contributed by atoms with Gasteiger partial charge in [0.05, 0.1) is 11.4 Å². The number of nitrogens with zero attached hydrogens (tertiary/aromatic N) is 3. The number of thioether (sulfide) groups is 1. The van der Waals surface area contributed by atoms with Gasteiger partial charge >= 0.3 is 0 Å². The molecule has 90 valence electrons. The quantitative estimate of drug-likeness (QED) is 0.442. The Bertz CT molecular complexity index is 668. The van der Waals surface area contributed by atoms with Gasteiger partial charge in [0.15, 0.2) is 10.7 Å². The average Bonchev–Trinajstić information content (AvgIpc) is 2.82. The normalized spacial score (nSPS) is 10.9. The zero-order valence-corrected chi connectivity index (χ0v) is 10.2. The molecule has 0 aliphatic heterocycles. The fraction of sp³-hybridized carbons (Fsp3) is 0.0833. The number of fused-ring (bicyclic) bond motifs is 1. The summed E-state index contributed by atoms with van der Waals surface area (Å²) in [4.78, 5) is 12.6. The highest BCUT2D eigenvalue weighted by Crippen LogP contribution is 2.24. The molecule has 0 radical (unpaired) electrons. The van der Waals surface area contributed by atoms with Crippen molar-refractivity contribution in [3.63, 3.8) is 0 Å². The lowest BCUT2D eigenvalue weighted by atomic mass is 10.3. The first kappa shape index (κ1) is 11.0. The lowest BCUT2D eigenvalue weighted by Crippen LogP contribution is -1.87. The van der Waals surface area contributed by atoms with Crippen molar-refractivity contribution in [1.82, 2.24) is 15.0 Å². The lowest BCUT2D eigenvalue weighted by Gasteiger charge is -1.94. The highest BCUT2D eigenvalue weighted by molar-refractivity contribution is 7.98. The van der Waals surface area contributed by atoms with Gasteiger partial charge in [-0.15, -0.1) is 0 Å². The van der Waals surface area contributed by atoms with Crippen LogP contribution in [0.4, 0.5) is 5.69 Å². The third kappa shape index (κ3) is 2.14. The Balaban J connectivity index is 1.81. The van der Waals surface area contributed by atoms with Gasteiger partial charge in [0.1, 0.15) is 5.52 Å². The molecule has 18 heavy (non-hydrogen) atoms. The molecule has 0 unspecified atom stereocenters. The molecule has 5 nitrogen and oxygen atoms in total. The summed E-state index contributed by atoms with van der Waals surface area (Å²) in [7, 11) is 0. The summed E-state index contributed by atoms with van der Waals surface area (Å²) < 4.78 is 5.60. The van der Waals surface area contributed by atoms with Gasteiger partial charge in [0.25, 0.3) is 0 Å². The molecule has 0 spiro atoms. The van der Waals surface area contributed by atoms with Crippen LogP contribution in [-0.2, 0) is 5.75 Å². The highest BCUT2D eigenvalue weighted by Gasteiger charge is 2.08. The van der Waals surface area contributed by atoms with Crippen molar-refractivity contribution in [3.8, 4) is 0 Å². The Labute approximate surface area is 107 Å². The number of para-hydroxylation sites is 1. The van der Waals surface area contributed by atoms with Gasteiger partial charge in [0, 0.05) is 12.4 Å². The van der Waals surface area contributed by atoms with E-state index in [4.69, 9.17) is 10.2 Å². The van der Waals surface area contributed by atoms with Crippen LogP contribution in [0.25, 0.3) is 11.1 Å². The van der Waals surface area contributed by atoms with Crippen molar-refractivity contribution < 1.29 is 4.42 Å². The predicted molar refractivity (Wildman–Crippen MR) is 70.0 cm³/mol. The molecule has 0 saturated heterocycles. The second-order valence-corrected chi connectivity index (χ2v) is 4.56. The first-order valence-corrected chi connectivity index (χ1v) is 6.35. The third-order valence-corrected chi connectivity index (χ3v) is 3.22. The first-order valence-electron chi connectivity index (χ1n) is 5.36. The Morgan fingerprint density at radius 2 is 2.00 bits per heavy atom. The molecule has 0 atom stereocenters. The van der Waals surface area contributed by atoms with E-state index >= 15 is 0 Å². The minimum atomic E-state index is 0.581. The third-order valence-electron chi connectivity index (χ3n) is 2.36. The van der Waals surface area contributed by atoms with Gasteiger partial charge in [-0.25, -0.2) is 15.0 Å². The summed E-state index contributed by atoms with van der Waals surface area (Å²) in [6.07, 6.45) is 3.42. The van der Waals surface area contributed by atoms with Crippen LogP contribution in [-0.4, -0.2) is 15.0 Å². The predicted octanol–water partition coefficient (Wildman–Crippen LogP) is 2.49. The van der Waals surface area contributed by atoms with Gasteiger partial charge in [-0.2, -0.15) is 0 Å². The second-order valence-electron chi connectivity index (χ2n) is 3.62. The van der Waals surface area contributed by atoms with E-state index in [1.807, 2.05) is 18.2 Å². The molecule has 0 saturated carbocycles. The van der Waals surface area contributed by atoms with Crippen LogP contribution in [0.3, 0.4) is 0 Å². The van der Waals surface area contributed by atoms with Crippen LogP contribution < -0.4 is 5.73 Å². The molecule has 1 aromatic carbocycles. The molecule has 6 heteroatoms. The summed E-state index contributed by atoms with van der Waals surface area (Å²) in [6, 6.07) is 7.29. The minimum Gasteiger partial charge on any atom is -0.440 e. The standard InChI is InChI=1S/C12H10N4OS/c13-8-3-1-4-9-11(8)16-10(17-9)7-18-12-14-5-2-6-15-12/h1-6H,7,13H2. The molecule has 2 heterocycles. The van der Waals surface area contributed by atoms with E-state index in [0.717, 1.165) is 0 Å². The molecule has 0 aliphatic carbocycles. The molecule has 0 fully saturated rings.